The molecule has 1 aliphatic rings. The molecule has 1 heterocycles. The molecule has 1 aromatic rings. The number of Topliss-reactive ketones (excluding diaryl/α,β-unsaturated/α-hetero) is 1. The zero-order valence-corrected chi connectivity index (χ0v) is 9.94. The van der Waals surface area contributed by atoms with Crippen molar-refractivity contribution >= 4 is 5.78 Å². The van der Waals surface area contributed by atoms with E-state index in [1.807, 2.05) is 12.1 Å². The predicted octanol–water partition coefficient (Wildman–Crippen LogP) is 1.26. The summed E-state index contributed by atoms with van der Waals surface area (Å²) >= 11 is 0. The highest BCUT2D eigenvalue weighted by Gasteiger charge is 2.18. The van der Waals surface area contributed by atoms with Gasteiger partial charge in [0.05, 0.1) is 19.8 Å². The van der Waals surface area contributed by atoms with Gasteiger partial charge in [-0.25, -0.2) is 0 Å². The first kappa shape index (κ1) is 12.1. The number of methoxy groups -OCH3 is 1. The lowest BCUT2D eigenvalue weighted by atomic mass is 10.0. The van der Waals surface area contributed by atoms with Crippen molar-refractivity contribution in [2.45, 2.75) is 12.5 Å². The van der Waals surface area contributed by atoms with Gasteiger partial charge in [0.1, 0.15) is 5.75 Å². The molecule has 1 unspecified atom stereocenters. The van der Waals surface area contributed by atoms with E-state index in [0.717, 1.165) is 13.1 Å². The maximum absolute atomic E-state index is 12.0. The van der Waals surface area contributed by atoms with Crippen LogP contribution in [0.2, 0.25) is 0 Å². The van der Waals surface area contributed by atoms with Gasteiger partial charge in [-0.05, 0) is 12.1 Å². The summed E-state index contributed by atoms with van der Waals surface area (Å²) in [6.07, 6.45) is 0.405. The number of hydrogen-bond acceptors (Lipinski definition) is 4. The van der Waals surface area contributed by atoms with Crippen molar-refractivity contribution in [3.8, 4) is 5.75 Å². The Morgan fingerprint density at radius 3 is 3.18 bits per heavy atom. The van der Waals surface area contributed by atoms with Gasteiger partial charge in [0, 0.05) is 25.1 Å². The van der Waals surface area contributed by atoms with E-state index in [1.165, 1.54) is 0 Å². The number of hydrogen-bond donors (Lipinski definition) is 1. The van der Waals surface area contributed by atoms with E-state index in [4.69, 9.17) is 9.47 Å². The molecule has 0 amide bonds. The zero-order chi connectivity index (χ0) is 12.1. The lowest BCUT2D eigenvalue weighted by Crippen LogP contribution is -2.39. The molecule has 4 nitrogen and oxygen atoms in total. The molecule has 92 valence electrons. The third-order valence-corrected chi connectivity index (χ3v) is 2.81. The molecule has 1 atom stereocenters. The number of ether oxygens (including phenoxy) is 2. The summed E-state index contributed by atoms with van der Waals surface area (Å²) in [7, 11) is 1.59. The number of rotatable bonds is 4. The summed E-state index contributed by atoms with van der Waals surface area (Å²) in [6.45, 7) is 2.29. The molecule has 0 spiro atoms. The highest BCUT2D eigenvalue weighted by molar-refractivity contribution is 5.96. The number of morpholine rings is 1. The van der Waals surface area contributed by atoms with Crippen LogP contribution in [0.25, 0.3) is 0 Å². The van der Waals surface area contributed by atoms with Gasteiger partial charge in [-0.2, -0.15) is 0 Å². The van der Waals surface area contributed by atoms with Gasteiger partial charge in [0.15, 0.2) is 5.78 Å². The van der Waals surface area contributed by atoms with Crippen molar-refractivity contribution in [2.75, 3.05) is 26.8 Å². The lowest BCUT2D eigenvalue weighted by molar-refractivity contribution is 0.0240. The van der Waals surface area contributed by atoms with E-state index >= 15 is 0 Å². The van der Waals surface area contributed by atoms with Crippen molar-refractivity contribution in [3.63, 3.8) is 0 Å². The Hall–Kier alpha value is -1.39. The van der Waals surface area contributed by atoms with Gasteiger partial charge < -0.3 is 14.8 Å². The van der Waals surface area contributed by atoms with E-state index in [9.17, 15) is 4.79 Å². The van der Waals surface area contributed by atoms with E-state index < -0.39 is 0 Å². The third-order valence-electron chi connectivity index (χ3n) is 2.81. The van der Waals surface area contributed by atoms with Gasteiger partial charge in [-0.3, -0.25) is 4.79 Å². The molecule has 0 bridgehead atoms. The van der Waals surface area contributed by atoms with Crippen LogP contribution < -0.4 is 10.1 Å². The molecule has 1 aromatic carbocycles. The van der Waals surface area contributed by atoms with E-state index in [-0.39, 0.29) is 11.9 Å². The molecule has 1 aliphatic heterocycles. The van der Waals surface area contributed by atoms with Gasteiger partial charge in [-0.1, -0.05) is 12.1 Å². The van der Waals surface area contributed by atoms with Gasteiger partial charge in [0.2, 0.25) is 0 Å². The van der Waals surface area contributed by atoms with Crippen LogP contribution in [-0.4, -0.2) is 38.7 Å². The molecule has 1 saturated heterocycles. The van der Waals surface area contributed by atoms with Crippen LogP contribution in [0.1, 0.15) is 16.8 Å². The Labute approximate surface area is 101 Å². The third kappa shape index (κ3) is 3.28. The largest absolute Gasteiger partial charge is 0.497 e. The number of benzene rings is 1. The fourth-order valence-electron chi connectivity index (χ4n) is 1.87. The van der Waals surface area contributed by atoms with Crippen molar-refractivity contribution in [1.29, 1.82) is 0 Å². The summed E-state index contributed by atoms with van der Waals surface area (Å²) in [5, 5.41) is 3.21. The number of ketones is 1. The van der Waals surface area contributed by atoms with Crippen LogP contribution in [0.3, 0.4) is 0 Å². The minimum Gasteiger partial charge on any atom is -0.497 e. The maximum Gasteiger partial charge on any atom is 0.165 e. The number of nitrogens with one attached hydrogen (secondary N) is 1. The standard InChI is InChI=1S/C13H17NO3/c1-16-11-4-2-3-10(7-11)13(15)8-12-9-14-5-6-17-12/h2-4,7,12,14H,5-6,8-9H2,1H3. The monoisotopic (exact) mass is 235 g/mol. The van der Waals surface area contributed by atoms with Crippen molar-refractivity contribution in [1.82, 2.24) is 5.32 Å². The van der Waals surface area contributed by atoms with Crippen molar-refractivity contribution < 1.29 is 14.3 Å². The smallest absolute Gasteiger partial charge is 0.165 e. The first-order valence-corrected chi connectivity index (χ1v) is 5.79. The van der Waals surface area contributed by atoms with E-state index in [2.05, 4.69) is 5.32 Å². The quantitative estimate of drug-likeness (QED) is 0.798. The Balaban J connectivity index is 1.98. The molecule has 1 fully saturated rings. The first-order valence-electron chi connectivity index (χ1n) is 5.79. The molecular weight excluding hydrogens is 218 g/mol. The summed E-state index contributed by atoms with van der Waals surface area (Å²) in [4.78, 5) is 12.0. The van der Waals surface area contributed by atoms with Crippen LogP contribution in [0.15, 0.2) is 24.3 Å². The van der Waals surface area contributed by atoms with Crippen LogP contribution in [0, 0.1) is 0 Å². The molecule has 4 heteroatoms. The topological polar surface area (TPSA) is 47.6 Å². The highest BCUT2D eigenvalue weighted by atomic mass is 16.5. The SMILES string of the molecule is COc1cccc(C(=O)CC2CNCCO2)c1. The Bertz CT molecular complexity index is 386. The molecule has 1 N–H and O–H groups in total. The van der Waals surface area contributed by atoms with Gasteiger partial charge >= 0.3 is 0 Å². The summed E-state index contributed by atoms with van der Waals surface area (Å²) in [6, 6.07) is 7.22. The average Bonchev–Trinajstić information content (AvgIpc) is 2.40. The zero-order valence-electron chi connectivity index (χ0n) is 9.94. The summed E-state index contributed by atoms with van der Waals surface area (Å²) in [5.74, 6) is 0.802. The van der Waals surface area contributed by atoms with E-state index in [1.54, 1.807) is 19.2 Å². The van der Waals surface area contributed by atoms with Gasteiger partial charge in [-0.15, -0.1) is 0 Å². The molecule has 2 rings (SSSR count). The summed E-state index contributed by atoms with van der Waals surface area (Å²) in [5.41, 5.74) is 0.679. The normalized spacial score (nSPS) is 19.9. The fraction of sp³-hybridized carbons (Fsp3) is 0.462. The Morgan fingerprint density at radius 1 is 1.59 bits per heavy atom. The lowest BCUT2D eigenvalue weighted by Gasteiger charge is -2.22. The maximum atomic E-state index is 12.0. The summed E-state index contributed by atoms with van der Waals surface area (Å²) < 4.78 is 10.6. The second-order valence-corrected chi connectivity index (χ2v) is 4.06. The Kier molecular flexibility index (Phi) is 4.12. The average molecular weight is 235 g/mol. The minimum absolute atomic E-state index is 0.0116. The molecular formula is C13H17NO3. The molecule has 17 heavy (non-hydrogen) atoms. The Morgan fingerprint density at radius 2 is 2.47 bits per heavy atom. The molecule has 0 aromatic heterocycles. The molecule has 0 aliphatic carbocycles. The number of carbonyl (C=O) groups excluding carboxylic acids is 1. The van der Waals surface area contributed by atoms with E-state index in [0.29, 0.717) is 24.3 Å². The van der Waals surface area contributed by atoms with Crippen LogP contribution in [0.4, 0.5) is 0 Å². The highest BCUT2D eigenvalue weighted by Crippen LogP contribution is 2.15. The van der Waals surface area contributed by atoms with Crippen LogP contribution >= 0.6 is 0 Å². The van der Waals surface area contributed by atoms with Crippen molar-refractivity contribution in [3.05, 3.63) is 29.8 Å². The molecule has 0 radical (unpaired) electrons. The van der Waals surface area contributed by atoms with Crippen molar-refractivity contribution in [2.24, 2.45) is 0 Å². The second kappa shape index (κ2) is 5.80. The van der Waals surface area contributed by atoms with Crippen LogP contribution in [-0.2, 0) is 4.74 Å². The minimum atomic E-state index is -0.0116. The first-order chi connectivity index (χ1) is 8.29. The van der Waals surface area contributed by atoms with Gasteiger partial charge in [0.25, 0.3) is 0 Å². The second-order valence-electron chi connectivity index (χ2n) is 4.06. The molecule has 0 saturated carbocycles. The van der Waals surface area contributed by atoms with Crippen LogP contribution in [0.5, 0.6) is 5.75 Å². The predicted molar refractivity (Wildman–Crippen MR) is 64.6 cm³/mol. The fourth-order valence-corrected chi connectivity index (χ4v) is 1.87. The number of carbonyl (C=O) groups is 1.